The van der Waals surface area contributed by atoms with Gasteiger partial charge in [-0.15, -0.1) is 0 Å². The van der Waals surface area contributed by atoms with Crippen molar-refractivity contribution in [1.82, 2.24) is 14.5 Å². The summed E-state index contributed by atoms with van der Waals surface area (Å²) in [6, 6.07) is 14.5. The first kappa shape index (κ1) is 34.6. The van der Waals surface area contributed by atoms with E-state index in [1.807, 2.05) is 49.1 Å². The molecule has 1 saturated carbocycles. The van der Waals surface area contributed by atoms with Crippen LogP contribution in [0.5, 0.6) is 5.75 Å². The third-order valence-electron chi connectivity index (χ3n) is 8.72. The summed E-state index contributed by atoms with van der Waals surface area (Å²) in [5.41, 5.74) is 3.65. The number of benzene rings is 2. The van der Waals surface area contributed by atoms with E-state index in [4.69, 9.17) is 14.1 Å². The van der Waals surface area contributed by atoms with Crippen LogP contribution in [0.3, 0.4) is 0 Å². The van der Waals surface area contributed by atoms with Crippen molar-refractivity contribution in [3.8, 4) is 16.9 Å². The summed E-state index contributed by atoms with van der Waals surface area (Å²) >= 11 is 0. The van der Waals surface area contributed by atoms with Crippen molar-refractivity contribution in [2.45, 2.75) is 79.2 Å². The SMILES string of the molecule is CC.CC(=O)c1cc2cnc(Nc3cccc(-c4ccc(O)c5c(=O)cc(N6CCOCC6)oc45)c3)nc2n1C1CCCC1.CCCC. The summed E-state index contributed by atoms with van der Waals surface area (Å²) in [6.07, 6.45) is 8.74. The van der Waals surface area contributed by atoms with Crippen molar-refractivity contribution in [2.75, 3.05) is 36.5 Å². The minimum absolute atomic E-state index is 0.0201. The van der Waals surface area contributed by atoms with Crippen molar-refractivity contribution in [3.05, 3.63) is 70.6 Å². The maximum Gasteiger partial charge on any atom is 0.229 e. The second-order valence-electron chi connectivity index (χ2n) is 12.0. The van der Waals surface area contributed by atoms with Crippen LogP contribution in [-0.2, 0) is 4.74 Å². The Morgan fingerprint density at radius 2 is 1.75 bits per heavy atom. The highest BCUT2D eigenvalue weighted by Crippen LogP contribution is 2.37. The number of ether oxygens (including phenoxy) is 1. The number of nitrogens with zero attached hydrogens (tertiary/aromatic N) is 4. The van der Waals surface area contributed by atoms with Gasteiger partial charge < -0.3 is 29.0 Å². The molecule has 4 heterocycles. The Bertz CT molecular complexity index is 1920. The van der Waals surface area contributed by atoms with Crippen LogP contribution in [0.1, 0.15) is 89.7 Å². The number of Topliss-reactive ketones (excluding diaryl/α,β-unsaturated/α-hetero) is 1. The number of aromatic nitrogens is 3. The van der Waals surface area contributed by atoms with Gasteiger partial charge in [-0.05, 0) is 48.7 Å². The number of anilines is 3. The van der Waals surface area contributed by atoms with Gasteiger partial charge in [-0.25, -0.2) is 4.98 Å². The number of fused-ring (bicyclic) bond motifs is 2. The van der Waals surface area contributed by atoms with Crippen LogP contribution in [0, 0.1) is 0 Å². The number of nitrogens with one attached hydrogen (secondary N) is 1. The molecule has 5 aromatic rings. The Kier molecular flexibility index (Phi) is 11.5. The molecule has 10 heteroatoms. The second-order valence-corrected chi connectivity index (χ2v) is 12.0. The van der Waals surface area contributed by atoms with E-state index in [0.717, 1.165) is 48.0 Å². The summed E-state index contributed by atoms with van der Waals surface area (Å²) in [4.78, 5) is 36.9. The van der Waals surface area contributed by atoms with Crippen molar-refractivity contribution < 1.29 is 19.1 Å². The van der Waals surface area contributed by atoms with Gasteiger partial charge in [0.05, 0.1) is 18.9 Å². The molecule has 254 valence electrons. The Balaban J connectivity index is 0.000000701. The molecule has 0 bridgehead atoms. The van der Waals surface area contributed by atoms with Gasteiger partial charge in [0.1, 0.15) is 16.8 Å². The van der Waals surface area contributed by atoms with Crippen LogP contribution in [0.25, 0.3) is 33.1 Å². The van der Waals surface area contributed by atoms with E-state index < -0.39 is 0 Å². The fourth-order valence-electron chi connectivity index (χ4n) is 6.17. The van der Waals surface area contributed by atoms with Crippen molar-refractivity contribution in [2.24, 2.45) is 0 Å². The molecule has 2 N–H and O–H groups in total. The lowest BCUT2D eigenvalue weighted by Crippen LogP contribution is -2.36. The molecule has 48 heavy (non-hydrogen) atoms. The molecule has 3 aromatic heterocycles. The predicted octanol–water partition coefficient (Wildman–Crippen LogP) is 8.64. The molecule has 0 atom stereocenters. The number of phenolic OH excluding ortho intramolecular Hbond substituents is 1. The summed E-state index contributed by atoms with van der Waals surface area (Å²) in [6.45, 7) is 12.3. The average molecular weight is 654 g/mol. The molecule has 0 amide bonds. The summed E-state index contributed by atoms with van der Waals surface area (Å²) in [7, 11) is 0. The zero-order valence-corrected chi connectivity index (χ0v) is 28.7. The first-order valence-electron chi connectivity index (χ1n) is 17.3. The Morgan fingerprint density at radius 3 is 2.44 bits per heavy atom. The maximum absolute atomic E-state index is 13.1. The van der Waals surface area contributed by atoms with E-state index in [-0.39, 0.29) is 28.4 Å². The Morgan fingerprint density at radius 1 is 1.02 bits per heavy atom. The molecule has 0 unspecified atom stereocenters. The molecular weight excluding hydrogens is 606 g/mol. The summed E-state index contributed by atoms with van der Waals surface area (Å²) in [5.74, 6) is 0.770. The Labute approximate surface area is 281 Å². The van der Waals surface area contributed by atoms with Gasteiger partial charge in [-0.1, -0.05) is 65.5 Å². The number of ketones is 1. The highest BCUT2D eigenvalue weighted by atomic mass is 16.5. The molecule has 1 saturated heterocycles. The van der Waals surface area contributed by atoms with E-state index in [0.29, 0.717) is 55.0 Å². The number of hydrogen-bond donors (Lipinski definition) is 2. The van der Waals surface area contributed by atoms with Gasteiger partial charge in [-0.3, -0.25) is 9.59 Å². The standard InChI is InChI=1S/C32H31N5O5.C4H10.C2H6/c1-19(38)25-16-21-18-33-32(35-31(21)37(25)23-7-2-3-8-23)34-22-6-4-5-20(15-22)24-9-10-26(39)29-27(40)17-28(42-30(24)29)36-11-13-41-14-12-36;1-3-4-2;1-2/h4-6,9-10,15-18,23,39H,2-3,7-8,11-14H2,1H3,(H,33,34,35);3-4H2,1-2H3;1-2H3. The third kappa shape index (κ3) is 7.39. The molecule has 7 rings (SSSR count). The number of aromatic hydroxyl groups is 1. The smallest absolute Gasteiger partial charge is 0.229 e. The highest BCUT2D eigenvalue weighted by Gasteiger charge is 2.25. The number of rotatable bonds is 7. The quantitative estimate of drug-likeness (QED) is 0.166. The third-order valence-corrected chi connectivity index (χ3v) is 8.72. The minimum atomic E-state index is -0.303. The van der Waals surface area contributed by atoms with Crippen molar-refractivity contribution >= 4 is 45.3 Å². The lowest BCUT2D eigenvalue weighted by atomic mass is 10.0. The zero-order valence-electron chi connectivity index (χ0n) is 28.7. The molecular formula is C38H47N5O5. The topological polar surface area (TPSA) is 123 Å². The first-order valence-corrected chi connectivity index (χ1v) is 17.3. The van der Waals surface area contributed by atoms with Gasteiger partial charge in [0.25, 0.3) is 0 Å². The van der Waals surface area contributed by atoms with Gasteiger partial charge in [0.2, 0.25) is 5.95 Å². The summed E-state index contributed by atoms with van der Waals surface area (Å²) < 4.78 is 13.8. The van der Waals surface area contributed by atoms with Gasteiger partial charge in [0.15, 0.2) is 22.7 Å². The van der Waals surface area contributed by atoms with Crippen LogP contribution in [-0.4, -0.2) is 51.7 Å². The highest BCUT2D eigenvalue weighted by molar-refractivity contribution is 5.98. The van der Waals surface area contributed by atoms with E-state index in [2.05, 4.69) is 28.7 Å². The normalized spacial score (nSPS) is 14.7. The average Bonchev–Trinajstić information content (AvgIpc) is 3.78. The van der Waals surface area contributed by atoms with Crippen molar-refractivity contribution in [1.29, 1.82) is 0 Å². The van der Waals surface area contributed by atoms with E-state index in [9.17, 15) is 14.7 Å². The van der Waals surface area contributed by atoms with Crippen LogP contribution in [0.15, 0.2) is 63.9 Å². The lowest BCUT2D eigenvalue weighted by Gasteiger charge is -2.27. The number of unbranched alkanes of at least 4 members (excludes halogenated alkanes) is 1. The minimum Gasteiger partial charge on any atom is -0.507 e. The van der Waals surface area contributed by atoms with E-state index in [1.165, 1.54) is 25.0 Å². The van der Waals surface area contributed by atoms with Crippen LogP contribution in [0.2, 0.25) is 0 Å². The monoisotopic (exact) mass is 653 g/mol. The molecule has 0 radical (unpaired) electrons. The molecule has 2 aliphatic rings. The Hall–Kier alpha value is -4.70. The molecule has 1 aliphatic carbocycles. The molecule has 10 nitrogen and oxygen atoms in total. The molecule has 1 aliphatic heterocycles. The lowest BCUT2D eigenvalue weighted by molar-refractivity contribution is 0.100. The zero-order chi connectivity index (χ0) is 34.2. The van der Waals surface area contributed by atoms with E-state index >= 15 is 0 Å². The van der Waals surface area contributed by atoms with E-state index in [1.54, 1.807) is 19.2 Å². The van der Waals surface area contributed by atoms with Crippen LogP contribution >= 0.6 is 0 Å². The van der Waals surface area contributed by atoms with Gasteiger partial charge >= 0.3 is 0 Å². The van der Waals surface area contributed by atoms with Gasteiger partial charge in [-0.2, -0.15) is 4.98 Å². The first-order chi connectivity index (χ1) is 23.4. The fourth-order valence-corrected chi connectivity index (χ4v) is 6.17. The number of phenols is 1. The van der Waals surface area contributed by atoms with Crippen molar-refractivity contribution in [3.63, 3.8) is 0 Å². The number of hydrogen-bond acceptors (Lipinski definition) is 9. The fraction of sp³-hybridized carbons (Fsp3) is 0.421. The largest absolute Gasteiger partial charge is 0.507 e. The summed E-state index contributed by atoms with van der Waals surface area (Å²) in [5, 5.41) is 14.8. The number of carbonyl (C=O) groups is 1. The molecule has 2 fully saturated rings. The van der Waals surface area contributed by atoms with Gasteiger partial charge in [0, 0.05) is 55.0 Å². The number of carbonyl (C=O) groups excluding carboxylic acids is 1. The predicted molar refractivity (Wildman–Crippen MR) is 193 cm³/mol. The molecule has 0 spiro atoms. The van der Waals surface area contributed by atoms with Crippen LogP contribution < -0.4 is 15.6 Å². The number of morpholine rings is 1. The van der Waals surface area contributed by atoms with Crippen LogP contribution in [0.4, 0.5) is 17.5 Å². The maximum atomic E-state index is 13.1. The second kappa shape index (κ2) is 15.9. The molecule has 2 aromatic carbocycles.